The van der Waals surface area contributed by atoms with Gasteiger partial charge in [0.2, 0.25) is 11.8 Å². The zero-order valence-corrected chi connectivity index (χ0v) is 19.7. The number of ether oxygens (including phenoxy) is 1. The number of H-pyrrole nitrogens is 2. The van der Waals surface area contributed by atoms with Crippen molar-refractivity contribution in [2.45, 2.75) is 13.8 Å². The quantitative estimate of drug-likeness (QED) is 0.371. The van der Waals surface area contributed by atoms with Gasteiger partial charge in [-0.05, 0) is 33.0 Å². The van der Waals surface area contributed by atoms with Crippen molar-refractivity contribution in [2.75, 3.05) is 43.4 Å². The normalized spacial score (nSPS) is 14.8. The van der Waals surface area contributed by atoms with Crippen LogP contribution in [0.2, 0.25) is 0 Å². The van der Waals surface area contributed by atoms with Gasteiger partial charge in [0.1, 0.15) is 5.82 Å². The number of anilines is 3. The Hall–Kier alpha value is -3.99. The zero-order valence-electron chi connectivity index (χ0n) is 19.7. The molecule has 1 aliphatic rings. The van der Waals surface area contributed by atoms with E-state index >= 15 is 4.39 Å². The van der Waals surface area contributed by atoms with Gasteiger partial charge in [-0.3, -0.25) is 5.10 Å². The van der Waals surface area contributed by atoms with Crippen molar-refractivity contribution in [1.82, 2.24) is 30.0 Å². The highest BCUT2D eigenvalue weighted by Gasteiger charge is 2.20. The SMILES string of the molecule is C/C=C/c1cc(Nc2nc(Oc3cc(F)c4[nH]c(C)cc4c3F)cc(N3CCN(C)CC3)n2)n[nH]1. The van der Waals surface area contributed by atoms with Crippen molar-refractivity contribution in [1.29, 1.82) is 0 Å². The average molecular weight is 481 g/mol. The first-order chi connectivity index (χ1) is 16.9. The second-order valence-electron chi connectivity index (χ2n) is 8.53. The van der Waals surface area contributed by atoms with Gasteiger partial charge < -0.3 is 24.8 Å². The lowest BCUT2D eigenvalue weighted by atomic mass is 10.2. The van der Waals surface area contributed by atoms with E-state index in [-0.39, 0.29) is 28.5 Å². The van der Waals surface area contributed by atoms with Crippen LogP contribution in [0.3, 0.4) is 0 Å². The predicted octanol–water partition coefficient (Wildman–Crippen LogP) is 4.59. The van der Waals surface area contributed by atoms with Crippen molar-refractivity contribution in [2.24, 2.45) is 0 Å². The van der Waals surface area contributed by atoms with E-state index in [0.717, 1.165) is 37.9 Å². The van der Waals surface area contributed by atoms with Crippen molar-refractivity contribution in [3.05, 3.63) is 53.4 Å². The molecule has 0 aliphatic carbocycles. The Kier molecular flexibility index (Phi) is 6.08. The number of allylic oxidation sites excluding steroid dienone is 1. The van der Waals surface area contributed by atoms with Crippen molar-refractivity contribution < 1.29 is 13.5 Å². The number of nitrogens with one attached hydrogen (secondary N) is 3. The maximum absolute atomic E-state index is 15.2. The Morgan fingerprint density at radius 1 is 1.09 bits per heavy atom. The molecule has 0 radical (unpaired) electrons. The topological polar surface area (TPSA) is 98.0 Å². The summed E-state index contributed by atoms with van der Waals surface area (Å²) in [6, 6.07) is 6.01. The van der Waals surface area contributed by atoms with Gasteiger partial charge in [0, 0.05) is 55.5 Å². The van der Waals surface area contributed by atoms with E-state index in [2.05, 4.69) is 47.3 Å². The van der Waals surface area contributed by atoms with E-state index < -0.39 is 11.6 Å². The number of piperazine rings is 1. The van der Waals surface area contributed by atoms with E-state index in [4.69, 9.17) is 4.74 Å². The summed E-state index contributed by atoms with van der Waals surface area (Å²) in [7, 11) is 2.06. The molecule has 9 nitrogen and oxygen atoms in total. The molecule has 3 aromatic heterocycles. The summed E-state index contributed by atoms with van der Waals surface area (Å²) in [4.78, 5) is 16.2. The highest BCUT2D eigenvalue weighted by Crippen LogP contribution is 2.33. The highest BCUT2D eigenvalue weighted by molar-refractivity contribution is 5.83. The maximum Gasteiger partial charge on any atom is 0.233 e. The molecule has 0 atom stereocenters. The van der Waals surface area contributed by atoms with Gasteiger partial charge in [0.15, 0.2) is 23.2 Å². The Bertz CT molecular complexity index is 1390. The van der Waals surface area contributed by atoms with Gasteiger partial charge in [-0.2, -0.15) is 15.1 Å². The summed E-state index contributed by atoms with van der Waals surface area (Å²) >= 11 is 0. The number of nitrogens with zero attached hydrogens (tertiary/aromatic N) is 5. The van der Waals surface area contributed by atoms with Gasteiger partial charge in [0.05, 0.1) is 11.2 Å². The van der Waals surface area contributed by atoms with Crippen molar-refractivity contribution in [3.8, 4) is 11.6 Å². The fourth-order valence-electron chi connectivity index (χ4n) is 4.02. The first-order valence-corrected chi connectivity index (χ1v) is 11.3. The average Bonchev–Trinajstić information content (AvgIpc) is 3.44. The molecule has 1 aliphatic heterocycles. The highest BCUT2D eigenvalue weighted by atomic mass is 19.1. The number of aryl methyl sites for hydroxylation is 1. The van der Waals surface area contributed by atoms with Crippen LogP contribution in [-0.4, -0.2) is 63.3 Å². The largest absolute Gasteiger partial charge is 0.436 e. The number of hydrogen-bond donors (Lipinski definition) is 3. The molecule has 4 aromatic rings. The van der Waals surface area contributed by atoms with E-state index in [1.54, 1.807) is 19.1 Å². The summed E-state index contributed by atoms with van der Waals surface area (Å²) < 4.78 is 35.6. The Morgan fingerprint density at radius 3 is 2.66 bits per heavy atom. The van der Waals surface area contributed by atoms with Gasteiger partial charge in [-0.25, -0.2) is 8.78 Å². The van der Waals surface area contributed by atoms with Crippen LogP contribution in [0.25, 0.3) is 17.0 Å². The second-order valence-corrected chi connectivity index (χ2v) is 8.53. The van der Waals surface area contributed by atoms with Crippen LogP contribution in [0.4, 0.5) is 26.4 Å². The molecule has 0 bridgehead atoms. The Labute approximate surface area is 200 Å². The monoisotopic (exact) mass is 480 g/mol. The minimum absolute atomic E-state index is 0.0885. The summed E-state index contributed by atoms with van der Waals surface area (Å²) in [6.07, 6.45) is 3.77. The van der Waals surface area contributed by atoms with Crippen molar-refractivity contribution in [3.63, 3.8) is 0 Å². The molecular weight excluding hydrogens is 454 g/mol. The van der Waals surface area contributed by atoms with Gasteiger partial charge in [0.25, 0.3) is 0 Å². The second kappa shape index (κ2) is 9.34. The molecule has 0 spiro atoms. The minimum Gasteiger partial charge on any atom is -0.436 e. The molecule has 0 amide bonds. The molecular formula is C24H26F2N8O. The zero-order chi connectivity index (χ0) is 24.5. The first-order valence-electron chi connectivity index (χ1n) is 11.3. The van der Waals surface area contributed by atoms with Crippen LogP contribution in [0.15, 0.2) is 30.3 Å². The minimum atomic E-state index is -0.664. The molecule has 4 heterocycles. The lowest BCUT2D eigenvalue weighted by Crippen LogP contribution is -2.44. The molecule has 0 unspecified atom stereocenters. The maximum atomic E-state index is 15.2. The third kappa shape index (κ3) is 4.80. The molecule has 1 fully saturated rings. The number of likely N-dealkylation sites (N-methyl/N-ethyl adjacent to an activating group) is 1. The fourth-order valence-corrected chi connectivity index (χ4v) is 4.02. The van der Waals surface area contributed by atoms with Crippen LogP contribution < -0.4 is 15.0 Å². The first kappa shape index (κ1) is 22.8. The van der Waals surface area contributed by atoms with Crippen LogP contribution in [0.1, 0.15) is 18.3 Å². The molecule has 11 heteroatoms. The number of hydrogen-bond acceptors (Lipinski definition) is 7. The number of halogens is 2. The molecule has 182 valence electrons. The third-order valence-electron chi connectivity index (χ3n) is 5.82. The van der Waals surface area contributed by atoms with E-state index in [9.17, 15) is 4.39 Å². The molecule has 3 N–H and O–H groups in total. The number of fused-ring (bicyclic) bond motifs is 1. The standard InChI is InChI=1S/C24H26F2N8O/c1-4-5-15-11-19(32-31-15)28-24-29-20(34-8-6-33(3)7-9-34)13-21(30-24)35-18-12-17(25)23-16(22(18)26)10-14(2)27-23/h4-5,10-13,27H,6-9H2,1-3H3,(H2,28,29,30,31,32)/b5-4+. The molecule has 5 rings (SSSR count). The fraction of sp³-hybridized carbons (Fsp3) is 0.292. The number of aromatic nitrogens is 5. The van der Waals surface area contributed by atoms with Crippen LogP contribution >= 0.6 is 0 Å². The van der Waals surface area contributed by atoms with Gasteiger partial charge in [-0.1, -0.05) is 6.08 Å². The molecule has 0 saturated carbocycles. The molecule has 1 aromatic carbocycles. The molecule has 35 heavy (non-hydrogen) atoms. The summed E-state index contributed by atoms with van der Waals surface area (Å²) in [5, 5.41) is 10.3. The van der Waals surface area contributed by atoms with Crippen molar-refractivity contribution >= 4 is 34.6 Å². The van der Waals surface area contributed by atoms with Gasteiger partial charge >= 0.3 is 0 Å². The van der Waals surface area contributed by atoms with E-state index in [1.165, 1.54) is 0 Å². The smallest absolute Gasteiger partial charge is 0.233 e. The lowest BCUT2D eigenvalue weighted by molar-refractivity contribution is 0.312. The third-order valence-corrected chi connectivity index (χ3v) is 5.82. The van der Waals surface area contributed by atoms with E-state index in [0.29, 0.717) is 17.3 Å². The van der Waals surface area contributed by atoms with Crippen LogP contribution in [-0.2, 0) is 0 Å². The van der Waals surface area contributed by atoms with Gasteiger partial charge in [-0.15, -0.1) is 0 Å². The number of benzene rings is 1. The summed E-state index contributed by atoms with van der Waals surface area (Å²) in [5.41, 5.74) is 1.57. The van der Waals surface area contributed by atoms with Crippen LogP contribution in [0.5, 0.6) is 11.6 Å². The predicted molar refractivity (Wildman–Crippen MR) is 131 cm³/mol. The van der Waals surface area contributed by atoms with E-state index in [1.807, 2.05) is 25.1 Å². The summed E-state index contributed by atoms with van der Waals surface area (Å²) in [5.74, 6) is -0.0686. The number of aromatic amines is 2. The Morgan fingerprint density at radius 2 is 1.89 bits per heavy atom. The van der Waals surface area contributed by atoms with Crippen LogP contribution in [0, 0.1) is 18.6 Å². The molecule has 1 saturated heterocycles. The summed E-state index contributed by atoms with van der Waals surface area (Å²) in [6.45, 7) is 6.92. The Balaban J connectivity index is 1.50. The number of rotatable bonds is 6. The lowest BCUT2D eigenvalue weighted by Gasteiger charge is -2.33.